The minimum atomic E-state index is -0.491. The SMILES string of the molecule is CC(O)c1ccc(Nc2nc(-c3ccc4scnc4c3)cn3ccnc23)cc1. The number of thiazole rings is 1. The molecule has 138 valence electrons. The highest BCUT2D eigenvalue weighted by atomic mass is 32.1. The molecule has 0 saturated heterocycles. The minimum Gasteiger partial charge on any atom is -0.389 e. The predicted molar refractivity (Wildman–Crippen MR) is 112 cm³/mol. The zero-order valence-corrected chi connectivity index (χ0v) is 15.9. The van der Waals surface area contributed by atoms with E-state index in [0.29, 0.717) is 5.82 Å². The third kappa shape index (κ3) is 3.00. The zero-order valence-electron chi connectivity index (χ0n) is 15.1. The second kappa shape index (κ2) is 6.70. The molecule has 2 N–H and O–H groups in total. The molecule has 1 unspecified atom stereocenters. The van der Waals surface area contributed by atoms with Crippen LogP contribution in [-0.4, -0.2) is 24.5 Å². The number of imidazole rings is 1. The molecule has 0 bridgehead atoms. The lowest BCUT2D eigenvalue weighted by Crippen LogP contribution is -2.00. The lowest BCUT2D eigenvalue weighted by molar-refractivity contribution is 0.199. The number of nitrogens with zero attached hydrogens (tertiary/aromatic N) is 4. The Hall–Kier alpha value is -3.29. The number of nitrogens with one attached hydrogen (secondary N) is 1. The molecule has 5 aromatic rings. The maximum atomic E-state index is 9.69. The van der Waals surface area contributed by atoms with Crippen molar-refractivity contribution >= 4 is 38.7 Å². The fraction of sp³-hybridized carbons (Fsp3) is 0.0952. The number of anilines is 2. The maximum Gasteiger partial charge on any atom is 0.180 e. The molecular formula is C21H17N5OS. The Morgan fingerprint density at radius 2 is 1.96 bits per heavy atom. The molecule has 0 aliphatic rings. The van der Waals surface area contributed by atoms with E-state index in [9.17, 15) is 5.11 Å². The zero-order chi connectivity index (χ0) is 19.1. The van der Waals surface area contributed by atoms with Crippen LogP contribution in [0.2, 0.25) is 0 Å². The predicted octanol–water partition coefficient (Wildman–Crippen LogP) is 4.80. The molecule has 6 nitrogen and oxygen atoms in total. The van der Waals surface area contributed by atoms with Crippen molar-refractivity contribution in [2.45, 2.75) is 13.0 Å². The average molecular weight is 387 g/mol. The highest BCUT2D eigenvalue weighted by Gasteiger charge is 2.11. The lowest BCUT2D eigenvalue weighted by atomic mass is 10.1. The normalized spacial score (nSPS) is 12.5. The summed E-state index contributed by atoms with van der Waals surface area (Å²) in [7, 11) is 0. The summed E-state index contributed by atoms with van der Waals surface area (Å²) in [6.07, 6.45) is 5.14. The van der Waals surface area contributed by atoms with Crippen molar-refractivity contribution in [3.05, 3.63) is 72.1 Å². The molecule has 0 saturated carbocycles. The summed E-state index contributed by atoms with van der Waals surface area (Å²) in [4.78, 5) is 13.6. The summed E-state index contributed by atoms with van der Waals surface area (Å²) in [5, 5.41) is 13.0. The van der Waals surface area contributed by atoms with Gasteiger partial charge in [-0.25, -0.2) is 15.0 Å². The van der Waals surface area contributed by atoms with E-state index in [1.54, 1.807) is 24.5 Å². The molecule has 28 heavy (non-hydrogen) atoms. The van der Waals surface area contributed by atoms with Gasteiger partial charge in [-0.05, 0) is 36.8 Å². The molecule has 0 amide bonds. The third-order valence-corrected chi connectivity index (χ3v) is 5.47. The Kier molecular flexibility index (Phi) is 4.03. The van der Waals surface area contributed by atoms with Gasteiger partial charge >= 0.3 is 0 Å². The molecule has 2 aromatic carbocycles. The molecule has 0 aliphatic carbocycles. The second-order valence-corrected chi connectivity index (χ2v) is 7.48. The van der Waals surface area contributed by atoms with E-state index in [1.807, 2.05) is 46.6 Å². The summed E-state index contributed by atoms with van der Waals surface area (Å²) in [5.74, 6) is 0.672. The van der Waals surface area contributed by atoms with Gasteiger partial charge < -0.3 is 14.8 Å². The topological polar surface area (TPSA) is 75.3 Å². The summed E-state index contributed by atoms with van der Waals surface area (Å²) >= 11 is 1.63. The first kappa shape index (κ1) is 16.9. The number of aromatic nitrogens is 4. The van der Waals surface area contributed by atoms with E-state index < -0.39 is 6.10 Å². The van der Waals surface area contributed by atoms with Crippen LogP contribution in [0, 0.1) is 0 Å². The van der Waals surface area contributed by atoms with Crippen LogP contribution >= 0.6 is 11.3 Å². The number of benzene rings is 2. The quantitative estimate of drug-likeness (QED) is 0.463. The van der Waals surface area contributed by atoms with Crippen LogP contribution in [-0.2, 0) is 0 Å². The van der Waals surface area contributed by atoms with E-state index in [1.165, 1.54) is 0 Å². The van der Waals surface area contributed by atoms with Crippen LogP contribution in [0.1, 0.15) is 18.6 Å². The molecule has 5 rings (SSSR count). The van der Waals surface area contributed by atoms with E-state index in [-0.39, 0.29) is 0 Å². The summed E-state index contributed by atoms with van der Waals surface area (Å²) in [5.41, 5.74) is 7.16. The van der Waals surface area contributed by atoms with Crippen molar-refractivity contribution in [3.63, 3.8) is 0 Å². The lowest BCUT2D eigenvalue weighted by Gasteiger charge is -2.11. The molecule has 0 radical (unpaired) electrons. The number of hydrogen-bond donors (Lipinski definition) is 2. The molecule has 7 heteroatoms. The molecule has 3 aromatic heterocycles. The maximum absolute atomic E-state index is 9.69. The largest absolute Gasteiger partial charge is 0.389 e. The molecule has 1 atom stereocenters. The van der Waals surface area contributed by atoms with Crippen LogP contribution in [0.25, 0.3) is 27.1 Å². The Bertz CT molecular complexity index is 1270. The standard InChI is InChI=1S/C21H17N5OS/c1-13(27)14-2-5-16(6-3-14)24-20-21-22-8-9-26(21)11-18(25-20)15-4-7-19-17(10-15)23-12-28-19/h2-13,27H,1H3,(H,24,25). The monoisotopic (exact) mass is 387 g/mol. The summed E-state index contributed by atoms with van der Waals surface area (Å²) in [6, 6.07) is 13.8. The highest BCUT2D eigenvalue weighted by Crippen LogP contribution is 2.28. The first-order valence-corrected chi connectivity index (χ1v) is 9.78. The Balaban J connectivity index is 1.57. The summed E-state index contributed by atoms with van der Waals surface area (Å²) < 4.78 is 3.11. The van der Waals surface area contributed by atoms with E-state index in [4.69, 9.17) is 4.98 Å². The van der Waals surface area contributed by atoms with Gasteiger partial charge in [0.25, 0.3) is 0 Å². The molecule has 0 fully saturated rings. The molecular weight excluding hydrogens is 370 g/mol. The van der Waals surface area contributed by atoms with Crippen LogP contribution in [0.3, 0.4) is 0 Å². The van der Waals surface area contributed by atoms with Crippen molar-refractivity contribution < 1.29 is 5.11 Å². The molecule has 3 heterocycles. The second-order valence-electron chi connectivity index (χ2n) is 6.59. The first-order valence-electron chi connectivity index (χ1n) is 8.90. The van der Waals surface area contributed by atoms with Crippen LogP contribution < -0.4 is 5.32 Å². The third-order valence-electron chi connectivity index (χ3n) is 4.66. The average Bonchev–Trinajstić information content (AvgIpc) is 3.37. The van der Waals surface area contributed by atoms with Crippen molar-refractivity contribution in [1.82, 2.24) is 19.4 Å². The van der Waals surface area contributed by atoms with Crippen LogP contribution in [0.4, 0.5) is 11.5 Å². The van der Waals surface area contributed by atoms with Gasteiger partial charge in [0.1, 0.15) is 0 Å². The van der Waals surface area contributed by atoms with Gasteiger partial charge in [0.2, 0.25) is 0 Å². The molecule has 0 spiro atoms. The van der Waals surface area contributed by atoms with Crippen molar-refractivity contribution in [2.24, 2.45) is 0 Å². The van der Waals surface area contributed by atoms with Crippen molar-refractivity contribution in [1.29, 1.82) is 0 Å². The van der Waals surface area contributed by atoms with E-state index >= 15 is 0 Å². The number of rotatable bonds is 4. The fourth-order valence-electron chi connectivity index (χ4n) is 3.15. The number of hydrogen-bond acceptors (Lipinski definition) is 6. The highest BCUT2D eigenvalue weighted by molar-refractivity contribution is 7.16. The van der Waals surface area contributed by atoms with Crippen molar-refractivity contribution in [3.8, 4) is 11.3 Å². The van der Waals surface area contributed by atoms with Gasteiger partial charge in [0.15, 0.2) is 11.5 Å². The Morgan fingerprint density at radius 1 is 1.11 bits per heavy atom. The van der Waals surface area contributed by atoms with Crippen LogP contribution in [0.15, 0.2) is 66.6 Å². The molecule has 0 aliphatic heterocycles. The van der Waals surface area contributed by atoms with Gasteiger partial charge in [0.05, 0.1) is 27.5 Å². The van der Waals surface area contributed by atoms with Crippen molar-refractivity contribution in [2.75, 3.05) is 5.32 Å². The van der Waals surface area contributed by atoms with Gasteiger partial charge in [-0.2, -0.15) is 0 Å². The van der Waals surface area contributed by atoms with Gasteiger partial charge in [-0.1, -0.05) is 18.2 Å². The fourth-order valence-corrected chi connectivity index (χ4v) is 3.81. The minimum absolute atomic E-state index is 0.491. The van der Waals surface area contributed by atoms with Crippen LogP contribution in [0.5, 0.6) is 0 Å². The number of fused-ring (bicyclic) bond motifs is 2. The first-order chi connectivity index (χ1) is 13.7. The Morgan fingerprint density at radius 3 is 2.79 bits per heavy atom. The number of aliphatic hydroxyl groups excluding tert-OH is 1. The number of aliphatic hydroxyl groups is 1. The smallest absolute Gasteiger partial charge is 0.180 e. The van der Waals surface area contributed by atoms with Gasteiger partial charge in [0, 0.05) is 29.8 Å². The van der Waals surface area contributed by atoms with E-state index in [0.717, 1.165) is 38.4 Å². The van der Waals surface area contributed by atoms with E-state index in [2.05, 4.69) is 33.5 Å². The summed E-state index contributed by atoms with van der Waals surface area (Å²) in [6.45, 7) is 1.75. The van der Waals surface area contributed by atoms with Gasteiger partial charge in [-0.15, -0.1) is 11.3 Å². The van der Waals surface area contributed by atoms with Gasteiger partial charge in [-0.3, -0.25) is 0 Å². The Labute approximate surface area is 165 Å².